The summed E-state index contributed by atoms with van der Waals surface area (Å²) in [7, 11) is 0. The fraction of sp³-hybridized carbons (Fsp3) is 0.500. The lowest BCUT2D eigenvalue weighted by molar-refractivity contribution is -0.117. The van der Waals surface area contributed by atoms with Crippen molar-refractivity contribution in [3.05, 3.63) is 40.1 Å². The molecule has 2 heterocycles. The van der Waals surface area contributed by atoms with Crippen LogP contribution in [-0.4, -0.2) is 36.2 Å². The minimum absolute atomic E-state index is 0.232. The number of allylic oxidation sites excluding steroid dienone is 1. The monoisotopic (exact) mass is 303 g/mol. The molecule has 0 saturated carbocycles. The van der Waals surface area contributed by atoms with Crippen LogP contribution < -0.4 is 5.32 Å². The van der Waals surface area contributed by atoms with Gasteiger partial charge < -0.3 is 10.1 Å². The van der Waals surface area contributed by atoms with Gasteiger partial charge in [0.15, 0.2) is 0 Å². The summed E-state index contributed by atoms with van der Waals surface area (Å²) in [5.74, 6) is -0.232. The van der Waals surface area contributed by atoms with E-state index in [1.54, 1.807) is 19.2 Å². The summed E-state index contributed by atoms with van der Waals surface area (Å²) in [6.07, 6.45) is 4.02. The lowest BCUT2D eigenvalue weighted by atomic mass is 10.00. The molecule has 0 aliphatic carbocycles. The van der Waals surface area contributed by atoms with Crippen molar-refractivity contribution in [1.29, 1.82) is 0 Å². The van der Waals surface area contributed by atoms with E-state index in [1.807, 2.05) is 19.9 Å². The first-order valence-corrected chi connectivity index (χ1v) is 7.38. The molecule has 2 atom stereocenters. The van der Waals surface area contributed by atoms with Crippen molar-refractivity contribution < 1.29 is 9.53 Å². The SMILES string of the molecule is C/C=C(/C(=O)N[C@H]1CCOCC1N=O)c1nccc(C)c1C. The number of rotatable bonds is 4. The average molecular weight is 303 g/mol. The van der Waals surface area contributed by atoms with E-state index in [-0.39, 0.29) is 18.6 Å². The number of hydrogen-bond donors (Lipinski definition) is 1. The number of hydrogen-bond acceptors (Lipinski definition) is 5. The molecule has 118 valence electrons. The standard InChI is InChI=1S/C16H21N3O3/c1-4-12(15-11(3)10(2)5-7-17-15)16(20)18-13-6-8-22-9-14(13)19-21/h4-5,7,13-14H,6,8-9H2,1-3H3,(H,18,20)/b12-4+/t13-,14?/m0/s1. The molecule has 1 aromatic rings. The van der Waals surface area contributed by atoms with E-state index in [0.717, 1.165) is 11.1 Å². The number of nitrogens with one attached hydrogen (secondary N) is 1. The summed E-state index contributed by atoms with van der Waals surface area (Å²) in [5, 5.41) is 5.94. The molecule has 2 rings (SSSR count). The number of carbonyl (C=O) groups excluding carboxylic acids is 1. The van der Waals surface area contributed by atoms with Crippen molar-refractivity contribution in [3.63, 3.8) is 0 Å². The lowest BCUT2D eigenvalue weighted by Crippen LogP contribution is -2.48. The molecule has 0 aromatic carbocycles. The highest BCUT2D eigenvalue weighted by Crippen LogP contribution is 2.20. The van der Waals surface area contributed by atoms with Crippen molar-refractivity contribution in [2.24, 2.45) is 5.18 Å². The van der Waals surface area contributed by atoms with Gasteiger partial charge in [-0.1, -0.05) is 11.3 Å². The minimum Gasteiger partial charge on any atom is -0.379 e. The summed E-state index contributed by atoms with van der Waals surface area (Å²) in [6.45, 7) is 6.50. The van der Waals surface area contributed by atoms with E-state index < -0.39 is 6.04 Å². The van der Waals surface area contributed by atoms with E-state index in [0.29, 0.717) is 24.3 Å². The third-order valence-electron chi connectivity index (χ3n) is 4.04. The molecule has 1 amide bonds. The Morgan fingerprint density at radius 1 is 1.50 bits per heavy atom. The number of amides is 1. The molecule has 1 unspecified atom stereocenters. The van der Waals surface area contributed by atoms with Crippen molar-refractivity contribution in [2.45, 2.75) is 39.3 Å². The van der Waals surface area contributed by atoms with Gasteiger partial charge in [-0.25, -0.2) is 0 Å². The predicted molar refractivity (Wildman–Crippen MR) is 84.3 cm³/mol. The second-order valence-electron chi connectivity index (χ2n) is 5.42. The van der Waals surface area contributed by atoms with Gasteiger partial charge in [-0.3, -0.25) is 9.78 Å². The Bertz CT molecular complexity index is 598. The van der Waals surface area contributed by atoms with E-state index in [4.69, 9.17) is 4.74 Å². The first-order valence-electron chi connectivity index (χ1n) is 7.38. The Balaban J connectivity index is 2.19. The van der Waals surface area contributed by atoms with Crippen LogP contribution in [0, 0.1) is 18.8 Å². The Kier molecular flexibility index (Phi) is 5.38. The first-order chi connectivity index (χ1) is 10.6. The Morgan fingerprint density at radius 2 is 2.27 bits per heavy atom. The zero-order chi connectivity index (χ0) is 16.1. The number of pyridine rings is 1. The van der Waals surface area contributed by atoms with Crippen LogP contribution in [0.25, 0.3) is 5.57 Å². The fourth-order valence-electron chi connectivity index (χ4n) is 2.52. The molecular formula is C16H21N3O3. The molecule has 1 aromatic heterocycles. The number of nitrogens with zero attached hydrogens (tertiary/aromatic N) is 2. The van der Waals surface area contributed by atoms with Gasteiger partial charge in [0.2, 0.25) is 0 Å². The third-order valence-corrected chi connectivity index (χ3v) is 4.04. The summed E-state index contributed by atoms with van der Waals surface area (Å²) in [5.41, 5.74) is 3.23. The quantitative estimate of drug-likeness (QED) is 0.682. The summed E-state index contributed by atoms with van der Waals surface area (Å²) < 4.78 is 5.22. The molecule has 6 heteroatoms. The number of aromatic nitrogens is 1. The second-order valence-corrected chi connectivity index (χ2v) is 5.42. The first kappa shape index (κ1) is 16.3. The topological polar surface area (TPSA) is 80.6 Å². The van der Waals surface area contributed by atoms with Gasteiger partial charge in [-0.2, -0.15) is 4.91 Å². The molecule has 1 aliphatic rings. The maximum atomic E-state index is 12.6. The summed E-state index contributed by atoms with van der Waals surface area (Å²) >= 11 is 0. The van der Waals surface area contributed by atoms with E-state index in [1.165, 1.54) is 0 Å². The third kappa shape index (κ3) is 3.39. The average Bonchev–Trinajstić information content (AvgIpc) is 2.52. The van der Waals surface area contributed by atoms with Gasteiger partial charge in [0.25, 0.3) is 5.91 Å². The van der Waals surface area contributed by atoms with Gasteiger partial charge in [0.1, 0.15) is 6.04 Å². The molecule has 1 fully saturated rings. The van der Waals surface area contributed by atoms with E-state index in [9.17, 15) is 9.70 Å². The molecule has 1 N–H and O–H groups in total. The number of ether oxygens (including phenoxy) is 1. The number of carbonyl (C=O) groups is 1. The summed E-state index contributed by atoms with van der Waals surface area (Å²) in [6, 6.07) is 1.08. The predicted octanol–water partition coefficient (Wildman–Crippen LogP) is 2.14. The Hall–Kier alpha value is -2.08. The van der Waals surface area contributed by atoms with Crippen molar-refractivity contribution >= 4 is 11.5 Å². The van der Waals surface area contributed by atoms with Crippen LogP contribution in [0.3, 0.4) is 0 Å². The van der Waals surface area contributed by atoms with Crippen LogP contribution in [0.4, 0.5) is 0 Å². The number of nitroso groups, excluding NO2 is 1. The van der Waals surface area contributed by atoms with E-state index >= 15 is 0 Å². The Labute approximate surface area is 129 Å². The van der Waals surface area contributed by atoms with Crippen LogP contribution >= 0.6 is 0 Å². The lowest BCUT2D eigenvalue weighted by Gasteiger charge is -2.27. The van der Waals surface area contributed by atoms with Crippen molar-refractivity contribution in [2.75, 3.05) is 13.2 Å². The van der Waals surface area contributed by atoms with E-state index in [2.05, 4.69) is 15.5 Å². The highest BCUT2D eigenvalue weighted by atomic mass is 16.5. The summed E-state index contributed by atoms with van der Waals surface area (Å²) in [4.78, 5) is 27.7. The van der Waals surface area contributed by atoms with Gasteiger partial charge >= 0.3 is 0 Å². The highest BCUT2D eigenvalue weighted by molar-refractivity contribution is 6.19. The molecule has 1 aliphatic heterocycles. The maximum absolute atomic E-state index is 12.6. The molecule has 1 saturated heterocycles. The van der Waals surface area contributed by atoms with Gasteiger partial charge in [0, 0.05) is 12.8 Å². The van der Waals surface area contributed by atoms with Gasteiger partial charge in [0.05, 0.1) is 23.9 Å². The molecule has 22 heavy (non-hydrogen) atoms. The fourth-order valence-corrected chi connectivity index (χ4v) is 2.52. The van der Waals surface area contributed by atoms with Crippen LogP contribution in [0.2, 0.25) is 0 Å². The normalized spacial score (nSPS) is 22.2. The highest BCUT2D eigenvalue weighted by Gasteiger charge is 2.29. The minimum atomic E-state index is -0.539. The molecule has 0 radical (unpaired) electrons. The van der Waals surface area contributed by atoms with Crippen LogP contribution in [0.1, 0.15) is 30.2 Å². The van der Waals surface area contributed by atoms with Crippen molar-refractivity contribution in [3.8, 4) is 0 Å². The molecule has 0 spiro atoms. The van der Waals surface area contributed by atoms with Crippen LogP contribution in [0.15, 0.2) is 23.5 Å². The van der Waals surface area contributed by atoms with Crippen LogP contribution in [-0.2, 0) is 9.53 Å². The van der Waals surface area contributed by atoms with Crippen LogP contribution in [0.5, 0.6) is 0 Å². The second kappa shape index (κ2) is 7.26. The maximum Gasteiger partial charge on any atom is 0.253 e. The smallest absolute Gasteiger partial charge is 0.253 e. The molecular weight excluding hydrogens is 282 g/mol. The molecule has 6 nitrogen and oxygen atoms in total. The number of aryl methyl sites for hydroxylation is 1. The zero-order valence-corrected chi connectivity index (χ0v) is 13.1. The van der Waals surface area contributed by atoms with Gasteiger partial charge in [-0.15, -0.1) is 0 Å². The largest absolute Gasteiger partial charge is 0.379 e. The molecule has 0 bridgehead atoms. The zero-order valence-electron chi connectivity index (χ0n) is 13.1. The van der Waals surface area contributed by atoms with Gasteiger partial charge in [-0.05, 0) is 44.4 Å². The Morgan fingerprint density at radius 3 is 2.95 bits per heavy atom. The van der Waals surface area contributed by atoms with Crippen molar-refractivity contribution in [1.82, 2.24) is 10.3 Å².